The van der Waals surface area contributed by atoms with E-state index in [2.05, 4.69) is 31.4 Å². The van der Waals surface area contributed by atoms with E-state index in [1.54, 1.807) is 36.1 Å². The normalized spacial score (nSPS) is 16.3. The van der Waals surface area contributed by atoms with E-state index in [0.717, 1.165) is 0 Å². The smallest absolute Gasteiger partial charge is 0.229 e. The predicted octanol–water partition coefficient (Wildman–Crippen LogP) is 3.94. The third-order valence-electron chi connectivity index (χ3n) is 4.63. The maximum atomic E-state index is 14.0. The molecule has 0 radical (unpaired) electrons. The molecule has 1 aliphatic heterocycles. The van der Waals surface area contributed by atoms with E-state index >= 15 is 0 Å². The lowest BCUT2D eigenvalue weighted by Crippen LogP contribution is -2.28. The molecule has 0 saturated carbocycles. The molecule has 7 nitrogen and oxygen atoms in total. The van der Waals surface area contributed by atoms with E-state index in [1.165, 1.54) is 12.1 Å². The van der Waals surface area contributed by atoms with Crippen molar-refractivity contribution in [2.45, 2.75) is 13.3 Å². The molecule has 2 aromatic carbocycles. The maximum absolute atomic E-state index is 14.0. The van der Waals surface area contributed by atoms with Crippen LogP contribution in [0.3, 0.4) is 0 Å². The van der Waals surface area contributed by atoms with Crippen molar-refractivity contribution < 1.29 is 18.5 Å². The standard InChI is InChI=1S/C20H16BrFN4O3/c1-11-23-19(25-29-11)12-3-2-4-15(7-12)26-10-13(8-18(26)27)20(28)24-17-6-5-14(21)9-16(17)22/h2-7,9,13H,8,10H2,1H3,(H,24,28)/t13-/m1/s1. The molecule has 0 unspecified atom stereocenters. The van der Waals surface area contributed by atoms with Gasteiger partial charge in [0.1, 0.15) is 5.82 Å². The number of hydrogen-bond acceptors (Lipinski definition) is 5. The van der Waals surface area contributed by atoms with Crippen LogP contribution >= 0.6 is 15.9 Å². The fourth-order valence-corrected chi connectivity index (χ4v) is 3.52. The number of aryl methyl sites for hydroxylation is 1. The van der Waals surface area contributed by atoms with Crippen LogP contribution in [-0.2, 0) is 9.59 Å². The number of carbonyl (C=O) groups is 2. The zero-order valence-corrected chi connectivity index (χ0v) is 16.9. The Kier molecular flexibility index (Phi) is 5.14. The minimum absolute atomic E-state index is 0.0511. The van der Waals surface area contributed by atoms with Crippen molar-refractivity contribution in [3.8, 4) is 11.4 Å². The average Bonchev–Trinajstić information content (AvgIpc) is 3.30. The van der Waals surface area contributed by atoms with Gasteiger partial charge in [0, 0.05) is 35.6 Å². The number of halogens is 2. The third-order valence-corrected chi connectivity index (χ3v) is 5.12. The Morgan fingerprint density at radius 1 is 1.31 bits per heavy atom. The Bertz CT molecular complexity index is 1100. The van der Waals surface area contributed by atoms with Crippen molar-refractivity contribution in [2.24, 2.45) is 5.92 Å². The van der Waals surface area contributed by atoms with Crippen LogP contribution in [0.25, 0.3) is 11.4 Å². The molecule has 1 saturated heterocycles. The van der Waals surface area contributed by atoms with Crippen LogP contribution in [-0.4, -0.2) is 28.5 Å². The summed E-state index contributed by atoms with van der Waals surface area (Å²) in [5.74, 6) is -0.830. The van der Waals surface area contributed by atoms with Crippen LogP contribution in [0.1, 0.15) is 12.3 Å². The minimum Gasteiger partial charge on any atom is -0.339 e. The highest BCUT2D eigenvalue weighted by Gasteiger charge is 2.35. The fourth-order valence-electron chi connectivity index (χ4n) is 3.19. The van der Waals surface area contributed by atoms with Gasteiger partial charge in [-0.25, -0.2) is 4.39 Å². The highest BCUT2D eigenvalue weighted by atomic mass is 79.9. The number of anilines is 2. The van der Waals surface area contributed by atoms with E-state index in [-0.39, 0.29) is 24.6 Å². The largest absolute Gasteiger partial charge is 0.339 e. The number of nitrogens with one attached hydrogen (secondary N) is 1. The molecular formula is C20H16BrFN4O3. The van der Waals surface area contributed by atoms with Crippen LogP contribution in [0.2, 0.25) is 0 Å². The lowest BCUT2D eigenvalue weighted by Gasteiger charge is -2.17. The Morgan fingerprint density at radius 3 is 2.86 bits per heavy atom. The fraction of sp³-hybridized carbons (Fsp3) is 0.200. The summed E-state index contributed by atoms with van der Waals surface area (Å²) in [5.41, 5.74) is 1.43. The molecule has 1 aliphatic rings. The van der Waals surface area contributed by atoms with Gasteiger partial charge in [-0.05, 0) is 30.3 Å². The van der Waals surface area contributed by atoms with Gasteiger partial charge in [-0.1, -0.05) is 33.2 Å². The Labute approximate surface area is 174 Å². The van der Waals surface area contributed by atoms with Gasteiger partial charge < -0.3 is 14.7 Å². The monoisotopic (exact) mass is 458 g/mol. The molecule has 0 spiro atoms. The van der Waals surface area contributed by atoms with E-state index in [9.17, 15) is 14.0 Å². The number of amides is 2. The van der Waals surface area contributed by atoms with Crippen LogP contribution in [0.15, 0.2) is 51.5 Å². The first-order valence-corrected chi connectivity index (χ1v) is 9.67. The molecule has 2 amide bonds. The Morgan fingerprint density at radius 2 is 2.14 bits per heavy atom. The minimum atomic E-state index is -0.582. The summed E-state index contributed by atoms with van der Waals surface area (Å²) < 4.78 is 19.6. The number of aromatic nitrogens is 2. The highest BCUT2D eigenvalue weighted by molar-refractivity contribution is 9.10. The van der Waals surface area contributed by atoms with Crippen molar-refractivity contribution in [1.29, 1.82) is 0 Å². The first kappa shape index (κ1) is 19.3. The zero-order valence-electron chi connectivity index (χ0n) is 15.4. The topological polar surface area (TPSA) is 88.3 Å². The van der Waals surface area contributed by atoms with Crippen LogP contribution < -0.4 is 10.2 Å². The average molecular weight is 459 g/mol. The summed E-state index contributed by atoms with van der Waals surface area (Å²) in [6, 6.07) is 11.5. The number of hydrogen-bond donors (Lipinski definition) is 1. The van der Waals surface area contributed by atoms with E-state index in [0.29, 0.717) is 27.4 Å². The summed E-state index contributed by atoms with van der Waals surface area (Å²) in [7, 11) is 0. The first-order valence-electron chi connectivity index (χ1n) is 8.88. The summed E-state index contributed by atoms with van der Waals surface area (Å²) in [6.45, 7) is 1.90. The summed E-state index contributed by atoms with van der Waals surface area (Å²) in [5, 5.41) is 6.45. The molecule has 1 atom stereocenters. The van der Waals surface area contributed by atoms with Crippen LogP contribution in [0.5, 0.6) is 0 Å². The Hall–Kier alpha value is -3.07. The molecule has 1 aromatic heterocycles. The molecule has 148 valence electrons. The van der Waals surface area contributed by atoms with Crippen LogP contribution in [0.4, 0.5) is 15.8 Å². The summed E-state index contributed by atoms with van der Waals surface area (Å²) >= 11 is 3.18. The van der Waals surface area contributed by atoms with Gasteiger partial charge in [0.25, 0.3) is 0 Å². The molecule has 2 heterocycles. The van der Waals surface area contributed by atoms with Gasteiger partial charge in [-0.3, -0.25) is 9.59 Å². The molecule has 29 heavy (non-hydrogen) atoms. The van der Waals surface area contributed by atoms with Gasteiger partial charge >= 0.3 is 0 Å². The van der Waals surface area contributed by atoms with Crippen LogP contribution in [0, 0.1) is 18.7 Å². The van der Waals surface area contributed by atoms with Crippen molar-refractivity contribution >= 4 is 39.1 Å². The highest BCUT2D eigenvalue weighted by Crippen LogP contribution is 2.29. The molecule has 1 N–H and O–H groups in total. The molecular weight excluding hydrogens is 443 g/mol. The van der Waals surface area contributed by atoms with Crippen molar-refractivity contribution in [1.82, 2.24) is 10.1 Å². The van der Waals surface area contributed by atoms with Gasteiger partial charge in [0.2, 0.25) is 23.5 Å². The third kappa shape index (κ3) is 4.04. The van der Waals surface area contributed by atoms with Crippen molar-refractivity contribution in [2.75, 3.05) is 16.8 Å². The van der Waals surface area contributed by atoms with E-state index in [1.807, 2.05) is 6.07 Å². The number of carbonyl (C=O) groups excluding carboxylic acids is 2. The maximum Gasteiger partial charge on any atom is 0.229 e. The summed E-state index contributed by atoms with van der Waals surface area (Å²) in [4.78, 5) is 30.8. The first-order chi connectivity index (χ1) is 13.9. The van der Waals surface area contributed by atoms with Gasteiger partial charge in [-0.15, -0.1) is 0 Å². The lowest BCUT2D eigenvalue weighted by atomic mass is 10.1. The second-order valence-corrected chi connectivity index (χ2v) is 7.62. The number of rotatable bonds is 4. The second kappa shape index (κ2) is 7.75. The predicted molar refractivity (Wildman–Crippen MR) is 108 cm³/mol. The van der Waals surface area contributed by atoms with Gasteiger partial charge in [-0.2, -0.15) is 4.98 Å². The number of benzene rings is 2. The second-order valence-electron chi connectivity index (χ2n) is 6.71. The quantitative estimate of drug-likeness (QED) is 0.639. The Balaban J connectivity index is 1.50. The number of nitrogens with zero attached hydrogens (tertiary/aromatic N) is 3. The molecule has 9 heteroatoms. The summed E-state index contributed by atoms with van der Waals surface area (Å²) in [6.07, 6.45) is 0.0511. The molecule has 3 aromatic rings. The molecule has 0 bridgehead atoms. The SMILES string of the molecule is Cc1nc(-c2cccc(N3C[C@H](C(=O)Nc4ccc(Br)cc4F)CC3=O)c2)no1. The van der Waals surface area contributed by atoms with Gasteiger partial charge in [0.05, 0.1) is 11.6 Å². The lowest BCUT2D eigenvalue weighted by molar-refractivity contribution is -0.122. The van der Waals surface area contributed by atoms with E-state index in [4.69, 9.17) is 4.52 Å². The van der Waals surface area contributed by atoms with Crippen molar-refractivity contribution in [3.05, 3.63) is 58.6 Å². The molecule has 0 aliphatic carbocycles. The molecule has 4 rings (SSSR count). The van der Waals surface area contributed by atoms with Crippen molar-refractivity contribution in [3.63, 3.8) is 0 Å². The van der Waals surface area contributed by atoms with Gasteiger partial charge in [0.15, 0.2) is 0 Å². The van der Waals surface area contributed by atoms with E-state index < -0.39 is 17.6 Å². The zero-order chi connectivity index (χ0) is 20.5. The molecule has 1 fully saturated rings.